The second-order valence-electron chi connectivity index (χ2n) is 11.8. The van der Waals surface area contributed by atoms with Gasteiger partial charge in [0.1, 0.15) is 11.2 Å². The second kappa shape index (κ2) is 12.0. The molecule has 0 unspecified atom stereocenters. The van der Waals surface area contributed by atoms with E-state index in [4.69, 9.17) is 27.8 Å². The molecule has 8 nitrogen and oxygen atoms in total. The summed E-state index contributed by atoms with van der Waals surface area (Å²) in [6.45, 7) is 0.343. The lowest BCUT2D eigenvalue weighted by atomic mass is 9.93. The Labute approximate surface area is 284 Å². The van der Waals surface area contributed by atoms with Crippen molar-refractivity contribution < 1.29 is 27.8 Å². The van der Waals surface area contributed by atoms with Crippen molar-refractivity contribution in [2.24, 2.45) is 0 Å². The number of hydrogen-bond acceptors (Lipinski definition) is 8. The van der Waals surface area contributed by atoms with Crippen molar-refractivity contribution in [1.82, 2.24) is 0 Å². The molecule has 0 N–H and O–H groups in total. The van der Waals surface area contributed by atoms with Crippen molar-refractivity contribution in [3.05, 3.63) is 152 Å². The van der Waals surface area contributed by atoms with E-state index < -0.39 is 11.3 Å². The first kappa shape index (κ1) is 29.3. The maximum absolute atomic E-state index is 13.7. The van der Waals surface area contributed by atoms with E-state index in [1.165, 1.54) is 0 Å². The van der Waals surface area contributed by atoms with Gasteiger partial charge in [-0.2, -0.15) is 0 Å². The van der Waals surface area contributed by atoms with Gasteiger partial charge in [-0.1, -0.05) is 97.1 Å². The van der Waals surface area contributed by atoms with Gasteiger partial charge in [-0.05, 0) is 52.6 Å². The molecule has 0 saturated carbocycles. The Morgan fingerprint density at radius 1 is 0.440 bits per heavy atom. The smallest absolute Gasteiger partial charge is 0.344 e. The quantitative estimate of drug-likeness (QED) is 0.129. The van der Waals surface area contributed by atoms with Crippen molar-refractivity contribution >= 4 is 46.2 Å². The minimum absolute atomic E-state index is 0.171. The summed E-state index contributed by atoms with van der Waals surface area (Å²) in [5.41, 5.74) is 4.81. The Morgan fingerprint density at radius 3 is 1.34 bits per heavy atom. The van der Waals surface area contributed by atoms with Crippen LogP contribution in [-0.2, 0) is 0 Å². The van der Waals surface area contributed by atoms with E-state index in [1.54, 1.807) is 6.07 Å². The van der Waals surface area contributed by atoms with Gasteiger partial charge in [-0.15, -0.1) is 0 Å². The first-order chi connectivity index (χ1) is 24.6. The highest BCUT2D eigenvalue weighted by Gasteiger charge is 2.21. The van der Waals surface area contributed by atoms with Gasteiger partial charge in [-0.25, -0.2) is 9.59 Å². The molecule has 0 bridgehead atoms. The Kier molecular flexibility index (Phi) is 7.05. The molecule has 0 fully saturated rings. The van der Waals surface area contributed by atoms with Crippen molar-refractivity contribution in [3.63, 3.8) is 0 Å². The van der Waals surface area contributed by atoms with Crippen LogP contribution in [0.15, 0.2) is 128 Å². The van der Waals surface area contributed by atoms with Crippen LogP contribution in [-0.4, -0.2) is 13.6 Å². The number of fused-ring (bicyclic) bond motifs is 4. The molecule has 50 heavy (non-hydrogen) atoms. The average Bonchev–Trinajstić information content (AvgIpc) is 3.82. The predicted octanol–water partition coefficient (Wildman–Crippen LogP) is 9.03. The molecule has 7 aromatic rings. The van der Waals surface area contributed by atoms with Crippen molar-refractivity contribution in [1.29, 1.82) is 0 Å². The number of ether oxygens (including phenoxy) is 4. The average molecular weight is 659 g/mol. The largest absolute Gasteiger partial charge is 0.454 e. The van der Waals surface area contributed by atoms with E-state index in [9.17, 15) is 9.59 Å². The highest BCUT2D eigenvalue weighted by atomic mass is 16.7. The molecule has 4 heterocycles. The third-order valence-electron chi connectivity index (χ3n) is 8.82. The van der Waals surface area contributed by atoms with Gasteiger partial charge in [0.05, 0.1) is 11.1 Å². The molecule has 5 aromatic carbocycles. The van der Waals surface area contributed by atoms with E-state index in [0.29, 0.717) is 67.2 Å². The summed E-state index contributed by atoms with van der Waals surface area (Å²) < 4.78 is 34.0. The Hall–Kier alpha value is -6.80. The first-order valence-corrected chi connectivity index (χ1v) is 16.0. The molecule has 9 rings (SSSR count). The van der Waals surface area contributed by atoms with Gasteiger partial charge >= 0.3 is 11.3 Å². The van der Waals surface area contributed by atoms with Gasteiger partial charge in [0.2, 0.25) is 13.6 Å². The zero-order chi connectivity index (χ0) is 33.6. The van der Waals surface area contributed by atoms with Gasteiger partial charge < -0.3 is 27.8 Å². The molecule has 2 aromatic heterocycles. The normalized spacial score (nSPS) is 13.3. The molecular formula is C42H26O8. The monoisotopic (exact) mass is 658 g/mol. The van der Waals surface area contributed by atoms with Crippen LogP contribution in [0.2, 0.25) is 0 Å². The topological polar surface area (TPSA) is 97.3 Å². The van der Waals surface area contributed by atoms with Crippen LogP contribution in [0.1, 0.15) is 22.3 Å². The summed E-state index contributed by atoms with van der Waals surface area (Å²) in [4.78, 5) is 27.4. The van der Waals surface area contributed by atoms with Crippen LogP contribution in [0.5, 0.6) is 23.0 Å². The van der Waals surface area contributed by atoms with E-state index in [-0.39, 0.29) is 24.8 Å². The fraction of sp³-hybridized carbons (Fsp3) is 0.0476. The van der Waals surface area contributed by atoms with Gasteiger partial charge in [0.15, 0.2) is 23.0 Å². The van der Waals surface area contributed by atoms with E-state index in [2.05, 4.69) is 0 Å². The first-order valence-electron chi connectivity index (χ1n) is 16.0. The standard InChI is InChI=1S/C42H26O8/c43-41-39(27-7-3-1-4-8-27)29(15-11-25-13-17-33-37(19-25)47-23-45-33)31-21-32-30(16-12-26-14-18-34-38(20-26)48-24-46-34)40(28-9-5-2-6-10-28)42(44)50-36(32)22-35(31)49-41/h1-22H,23-24H2/b15-11+,16-12+. The van der Waals surface area contributed by atoms with Crippen molar-refractivity contribution in [2.45, 2.75) is 0 Å². The maximum atomic E-state index is 13.7. The number of rotatable bonds is 6. The Bertz CT molecular complexity index is 2450. The predicted molar refractivity (Wildman–Crippen MR) is 192 cm³/mol. The molecule has 0 amide bonds. The third kappa shape index (κ3) is 5.20. The molecule has 0 radical (unpaired) electrons. The zero-order valence-electron chi connectivity index (χ0n) is 26.4. The Balaban J connectivity index is 1.30. The summed E-state index contributed by atoms with van der Waals surface area (Å²) in [6, 6.07) is 33.7. The summed E-state index contributed by atoms with van der Waals surface area (Å²) in [6.07, 6.45) is 7.66. The highest BCUT2D eigenvalue weighted by Crippen LogP contribution is 2.38. The minimum Gasteiger partial charge on any atom is -0.454 e. The van der Waals surface area contributed by atoms with Gasteiger partial charge in [0.25, 0.3) is 0 Å². The van der Waals surface area contributed by atoms with Crippen molar-refractivity contribution in [3.8, 4) is 45.3 Å². The summed E-state index contributed by atoms with van der Waals surface area (Å²) >= 11 is 0. The molecule has 0 saturated heterocycles. The molecule has 0 aliphatic carbocycles. The van der Waals surface area contributed by atoms with Gasteiger partial charge in [-0.3, -0.25) is 0 Å². The minimum atomic E-state index is -0.514. The molecule has 2 aliphatic heterocycles. The van der Waals surface area contributed by atoms with E-state index in [1.807, 2.05) is 127 Å². The lowest BCUT2D eigenvalue weighted by molar-refractivity contribution is 0.173. The molecule has 0 atom stereocenters. The fourth-order valence-corrected chi connectivity index (χ4v) is 6.44. The second-order valence-corrected chi connectivity index (χ2v) is 11.8. The van der Waals surface area contributed by atoms with Crippen LogP contribution in [0.3, 0.4) is 0 Å². The summed E-state index contributed by atoms with van der Waals surface area (Å²) in [5, 5.41) is 1.33. The molecule has 2 aliphatic rings. The SMILES string of the molecule is O=c1oc2cc3oc(=O)c(-c4ccccc4)c(/C=C/c4ccc5c(c4)OCO5)c3cc2c(/C=C/c2ccc3c(c2)OCO3)c1-c1ccccc1. The van der Waals surface area contributed by atoms with Crippen LogP contribution in [0.25, 0.3) is 68.5 Å². The molecular weight excluding hydrogens is 632 g/mol. The molecule has 242 valence electrons. The number of benzene rings is 5. The van der Waals surface area contributed by atoms with Crippen LogP contribution >= 0.6 is 0 Å². The molecule has 8 heteroatoms. The number of hydrogen-bond donors (Lipinski definition) is 0. The zero-order valence-corrected chi connectivity index (χ0v) is 26.4. The fourth-order valence-electron chi connectivity index (χ4n) is 6.44. The van der Waals surface area contributed by atoms with Crippen LogP contribution in [0, 0.1) is 0 Å². The summed E-state index contributed by atoms with van der Waals surface area (Å²) in [7, 11) is 0. The van der Waals surface area contributed by atoms with Crippen LogP contribution in [0.4, 0.5) is 0 Å². The maximum Gasteiger partial charge on any atom is 0.344 e. The molecule has 0 spiro atoms. The van der Waals surface area contributed by atoms with E-state index >= 15 is 0 Å². The highest BCUT2D eigenvalue weighted by molar-refractivity contribution is 6.06. The van der Waals surface area contributed by atoms with E-state index in [0.717, 1.165) is 11.1 Å². The van der Waals surface area contributed by atoms with Crippen molar-refractivity contribution in [2.75, 3.05) is 13.6 Å². The Morgan fingerprint density at radius 2 is 0.880 bits per heavy atom. The van der Waals surface area contributed by atoms with Gasteiger partial charge in [0, 0.05) is 28.0 Å². The lowest BCUT2D eigenvalue weighted by Crippen LogP contribution is -2.08. The third-order valence-corrected chi connectivity index (χ3v) is 8.82. The van der Waals surface area contributed by atoms with Crippen LogP contribution < -0.4 is 30.2 Å². The lowest BCUT2D eigenvalue weighted by Gasteiger charge is -2.13. The summed E-state index contributed by atoms with van der Waals surface area (Å²) in [5.74, 6) is 2.67.